The smallest absolute Gasteiger partial charge is 0.317 e. The molecule has 0 aromatic heterocycles. The normalized spacial score (nSPS) is 28.2. The van der Waals surface area contributed by atoms with Crippen LogP contribution in [0.1, 0.15) is 17.2 Å². The van der Waals surface area contributed by atoms with Gasteiger partial charge in [0.2, 0.25) is 12.5 Å². The van der Waals surface area contributed by atoms with E-state index in [0.717, 1.165) is 11.1 Å². The predicted octanol–water partition coefficient (Wildman–Crippen LogP) is 2.58. The number of esters is 1. The van der Waals surface area contributed by atoms with Crippen LogP contribution in [-0.2, 0) is 25.4 Å². The Morgan fingerprint density at radius 1 is 1.12 bits per heavy atom. The van der Waals surface area contributed by atoms with E-state index < -0.39 is 18.1 Å². The SMILES string of the molecule is COC1=C(OC)C2C(=O)OC(C3c4c(c(N=O)c5c(c4OC)OCO5)CCN3C)C2C=C1. The van der Waals surface area contributed by atoms with Crippen LogP contribution < -0.4 is 14.2 Å². The van der Waals surface area contributed by atoms with E-state index >= 15 is 0 Å². The average Bonchev–Trinajstić information content (AvgIpc) is 3.41. The lowest BCUT2D eigenvalue weighted by molar-refractivity contribution is -0.146. The van der Waals surface area contributed by atoms with Crippen molar-refractivity contribution in [3.63, 3.8) is 0 Å². The van der Waals surface area contributed by atoms with E-state index in [1.54, 1.807) is 6.08 Å². The Bertz CT molecular complexity index is 1050. The number of nitrogens with zero attached hydrogens (tertiary/aromatic N) is 2. The maximum absolute atomic E-state index is 13.0. The maximum atomic E-state index is 13.0. The molecule has 5 rings (SSSR count). The van der Waals surface area contributed by atoms with Crippen LogP contribution in [-0.4, -0.2) is 58.7 Å². The summed E-state index contributed by atoms with van der Waals surface area (Å²) in [6.07, 6.45) is 3.73. The predicted molar refractivity (Wildman–Crippen MR) is 111 cm³/mol. The first-order valence-corrected chi connectivity index (χ1v) is 10.3. The van der Waals surface area contributed by atoms with Gasteiger partial charge in [-0.2, -0.15) is 0 Å². The molecule has 170 valence electrons. The van der Waals surface area contributed by atoms with Crippen LogP contribution in [0.3, 0.4) is 0 Å². The van der Waals surface area contributed by atoms with E-state index in [2.05, 4.69) is 10.1 Å². The van der Waals surface area contributed by atoms with Crippen LogP contribution in [0.4, 0.5) is 5.69 Å². The molecule has 1 saturated heterocycles. The summed E-state index contributed by atoms with van der Waals surface area (Å²) in [4.78, 5) is 26.9. The van der Waals surface area contributed by atoms with E-state index in [1.807, 2.05) is 13.1 Å². The molecule has 0 spiro atoms. The Morgan fingerprint density at radius 3 is 2.59 bits per heavy atom. The largest absolute Gasteiger partial charge is 0.496 e. The summed E-state index contributed by atoms with van der Waals surface area (Å²) >= 11 is 0. The molecule has 1 aliphatic carbocycles. The number of hydrogen-bond donors (Lipinski definition) is 0. The molecule has 0 radical (unpaired) electrons. The van der Waals surface area contributed by atoms with Gasteiger partial charge in [-0.25, -0.2) is 0 Å². The second-order valence-electron chi connectivity index (χ2n) is 8.06. The van der Waals surface area contributed by atoms with Crippen molar-refractivity contribution in [1.29, 1.82) is 0 Å². The quantitative estimate of drug-likeness (QED) is 0.500. The first-order valence-electron chi connectivity index (χ1n) is 10.3. The molecule has 10 heteroatoms. The number of nitroso groups, excluding NO2 is 1. The highest BCUT2D eigenvalue weighted by Gasteiger charge is 2.54. The minimum absolute atomic E-state index is 0.0226. The van der Waals surface area contributed by atoms with Gasteiger partial charge in [0.15, 0.2) is 28.7 Å². The molecule has 3 aliphatic heterocycles. The van der Waals surface area contributed by atoms with E-state index in [1.165, 1.54) is 21.3 Å². The van der Waals surface area contributed by atoms with Crippen molar-refractivity contribution < 1.29 is 33.2 Å². The van der Waals surface area contributed by atoms with Gasteiger partial charge in [-0.1, -0.05) is 6.08 Å². The molecule has 3 heterocycles. The summed E-state index contributed by atoms with van der Waals surface area (Å²) in [6, 6.07) is -0.394. The number of allylic oxidation sites excluding steroid dienone is 1. The lowest BCUT2D eigenvalue weighted by Gasteiger charge is -2.40. The number of cyclic esters (lactones) is 1. The fourth-order valence-corrected chi connectivity index (χ4v) is 5.32. The fraction of sp³-hybridized carbons (Fsp3) is 0.500. The molecule has 4 unspecified atom stereocenters. The molecular formula is C22H24N2O8. The highest BCUT2D eigenvalue weighted by atomic mass is 16.7. The summed E-state index contributed by atoms with van der Waals surface area (Å²) in [5.74, 6) is 0.758. The Labute approximate surface area is 184 Å². The first kappa shape index (κ1) is 20.6. The van der Waals surface area contributed by atoms with Gasteiger partial charge in [-0.3, -0.25) is 9.69 Å². The number of carbonyl (C=O) groups excluding carboxylic acids is 1. The summed E-state index contributed by atoms with van der Waals surface area (Å²) in [6.45, 7) is 0.611. The van der Waals surface area contributed by atoms with Crippen molar-refractivity contribution in [2.45, 2.75) is 18.6 Å². The molecule has 0 saturated carbocycles. The summed E-state index contributed by atoms with van der Waals surface area (Å²) in [5.41, 5.74) is 1.67. The van der Waals surface area contributed by atoms with Crippen LogP contribution in [0.2, 0.25) is 0 Å². The lowest BCUT2D eigenvalue weighted by Crippen LogP contribution is -2.42. The van der Waals surface area contributed by atoms with E-state index in [-0.39, 0.29) is 24.4 Å². The third-order valence-electron chi connectivity index (χ3n) is 6.69. The molecule has 1 fully saturated rings. The molecule has 1 aromatic rings. The summed E-state index contributed by atoms with van der Waals surface area (Å²) in [5, 5.41) is 3.26. The van der Waals surface area contributed by atoms with E-state index in [4.69, 9.17) is 28.4 Å². The van der Waals surface area contributed by atoms with Crippen LogP contribution in [0.25, 0.3) is 0 Å². The molecular weight excluding hydrogens is 420 g/mol. The molecule has 4 atom stereocenters. The number of hydrogen-bond acceptors (Lipinski definition) is 10. The molecule has 0 amide bonds. The van der Waals surface area contributed by atoms with Crippen molar-refractivity contribution >= 4 is 11.7 Å². The second-order valence-corrected chi connectivity index (χ2v) is 8.06. The van der Waals surface area contributed by atoms with Gasteiger partial charge in [0, 0.05) is 18.0 Å². The zero-order valence-corrected chi connectivity index (χ0v) is 18.2. The zero-order valence-electron chi connectivity index (χ0n) is 18.2. The number of methoxy groups -OCH3 is 3. The number of rotatable bonds is 5. The van der Waals surface area contributed by atoms with Gasteiger partial charge < -0.3 is 28.4 Å². The maximum Gasteiger partial charge on any atom is 0.317 e. The van der Waals surface area contributed by atoms with Crippen molar-refractivity contribution in [2.24, 2.45) is 17.0 Å². The van der Waals surface area contributed by atoms with Gasteiger partial charge >= 0.3 is 5.97 Å². The van der Waals surface area contributed by atoms with Gasteiger partial charge in [0.05, 0.1) is 27.4 Å². The molecule has 0 bridgehead atoms. The number of ether oxygens (including phenoxy) is 6. The molecule has 0 N–H and O–H groups in total. The minimum Gasteiger partial charge on any atom is -0.496 e. The van der Waals surface area contributed by atoms with Crippen LogP contribution in [0, 0.1) is 16.7 Å². The highest BCUT2D eigenvalue weighted by molar-refractivity contribution is 5.80. The third-order valence-corrected chi connectivity index (χ3v) is 6.69. The number of fused-ring (bicyclic) bond motifs is 3. The third kappa shape index (κ3) is 2.72. The Balaban J connectivity index is 1.66. The van der Waals surface area contributed by atoms with E-state index in [9.17, 15) is 9.70 Å². The van der Waals surface area contributed by atoms with Crippen molar-refractivity contribution in [3.05, 3.63) is 39.7 Å². The summed E-state index contributed by atoms with van der Waals surface area (Å²) < 4.78 is 33.8. The topological polar surface area (TPSA) is 105 Å². The number of likely N-dealkylation sites (N-methyl/N-ethyl adjacent to an activating group) is 1. The average molecular weight is 444 g/mol. The van der Waals surface area contributed by atoms with Gasteiger partial charge in [0.1, 0.15) is 12.0 Å². The van der Waals surface area contributed by atoms with Gasteiger partial charge in [0.25, 0.3) is 0 Å². The van der Waals surface area contributed by atoms with Crippen LogP contribution in [0.5, 0.6) is 17.2 Å². The van der Waals surface area contributed by atoms with Crippen molar-refractivity contribution in [1.82, 2.24) is 4.90 Å². The second kappa shape index (κ2) is 7.70. The first-order chi connectivity index (χ1) is 15.5. The van der Waals surface area contributed by atoms with Crippen LogP contribution >= 0.6 is 0 Å². The van der Waals surface area contributed by atoms with Crippen molar-refractivity contribution in [3.8, 4) is 17.2 Å². The Hall–Kier alpha value is -3.27. The van der Waals surface area contributed by atoms with Crippen molar-refractivity contribution in [2.75, 3.05) is 41.7 Å². The Kier molecular flexibility index (Phi) is 4.96. The van der Waals surface area contributed by atoms with Gasteiger partial charge in [-0.15, -0.1) is 4.91 Å². The Morgan fingerprint density at radius 2 is 1.91 bits per heavy atom. The van der Waals surface area contributed by atoms with E-state index in [0.29, 0.717) is 41.7 Å². The number of benzene rings is 1. The number of carbonyl (C=O) groups is 1. The molecule has 32 heavy (non-hydrogen) atoms. The zero-order chi connectivity index (χ0) is 22.6. The minimum atomic E-state index is -0.618. The lowest BCUT2D eigenvalue weighted by atomic mass is 9.78. The van der Waals surface area contributed by atoms with Gasteiger partial charge in [-0.05, 0) is 30.3 Å². The highest BCUT2D eigenvalue weighted by Crippen LogP contribution is 2.57. The monoisotopic (exact) mass is 444 g/mol. The standard InChI is InChI=1S/C22H24N2O8/c1-24-8-7-10-13(19(29-4)21-20(15(10)23-26)30-9-31-21)16(24)17-11-5-6-12(27-2)18(28-3)14(11)22(25)32-17/h5-6,11,14,16-17H,7-9H2,1-4H3. The fourth-order valence-electron chi connectivity index (χ4n) is 5.32. The molecule has 1 aromatic carbocycles. The molecule has 4 aliphatic rings. The summed E-state index contributed by atoms with van der Waals surface area (Å²) in [7, 11) is 6.53. The molecule has 10 nitrogen and oxygen atoms in total. The van der Waals surface area contributed by atoms with Crippen LogP contribution in [0.15, 0.2) is 28.8 Å².